The summed E-state index contributed by atoms with van der Waals surface area (Å²) in [4.78, 5) is 10.5. The molecule has 0 aliphatic rings. The van der Waals surface area contributed by atoms with Crippen LogP contribution in [0.4, 0.5) is 0 Å². The second kappa shape index (κ2) is 3.90. The molecule has 0 fully saturated rings. The van der Waals surface area contributed by atoms with E-state index in [0.717, 1.165) is 0 Å². The summed E-state index contributed by atoms with van der Waals surface area (Å²) >= 11 is 0. The molecule has 0 aromatic heterocycles. The fraction of sp³-hybridized carbons (Fsp3) is 0.667. The highest BCUT2D eigenvalue weighted by atomic mass is 16.5. The van der Waals surface area contributed by atoms with Gasteiger partial charge in [0.1, 0.15) is 0 Å². The Bertz CT molecular complexity index is 136. The Hall–Kier alpha value is -1.04. The van der Waals surface area contributed by atoms with Crippen LogP contribution in [0.25, 0.3) is 0 Å². The molecule has 0 aliphatic carbocycles. The number of carbonyl (C=O) groups is 1. The number of methoxy groups -OCH3 is 1. The minimum Gasteiger partial charge on any atom is -0.469 e. The van der Waals surface area contributed by atoms with Crippen LogP contribution in [-0.2, 0) is 9.53 Å². The van der Waals surface area contributed by atoms with E-state index in [9.17, 15) is 4.79 Å². The van der Waals surface area contributed by atoms with Gasteiger partial charge in [0.05, 0.1) is 19.1 Å². The van der Waals surface area contributed by atoms with Crippen LogP contribution in [0.2, 0.25) is 0 Å². The van der Waals surface area contributed by atoms with E-state index in [-0.39, 0.29) is 18.3 Å². The van der Waals surface area contributed by atoms with Crippen LogP contribution >= 0.6 is 0 Å². The summed E-state index contributed by atoms with van der Waals surface area (Å²) in [6.07, 6.45) is 0.229. The van der Waals surface area contributed by atoms with Crippen LogP contribution in [0.1, 0.15) is 13.3 Å². The maximum atomic E-state index is 10.5. The lowest BCUT2D eigenvalue weighted by atomic mass is 10.1. The molecule has 1 atom stereocenters. The predicted octanol–water partition coefficient (Wildman–Crippen LogP) is 0.709. The first kappa shape index (κ1) is 7.96. The first-order valence-electron chi connectivity index (χ1n) is 2.67. The number of nitriles is 1. The Labute approximate surface area is 54.2 Å². The van der Waals surface area contributed by atoms with Gasteiger partial charge < -0.3 is 4.74 Å². The fourth-order valence-corrected chi connectivity index (χ4v) is 0.421. The first-order chi connectivity index (χ1) is 4.22. The molecule has 0 aromatic rings. The van der Waals surface area contributed by atoms with Crippen molar-refractivity contribution in [3.8, 4) is 6.07 Å². The first-order valence-corrected chi connectivity index (χ1v) is 2.67. The number of ether oxygens (including phenoxy) is 1. The smallest absolute Gasteiger partial charge is 0.309 e. The van der Waals surface area contributed by atoms with E-state index in [1.165, 1.54) is 7.11 Å². The number of carbonyl (C=O) groups excluding carboxylic acids is 1. The van der Waals surface area contributed by atoms with Crippen molar-refractivity contribution in [1.29, 1.82) is 5.26 Å². The third kappa shape index (κ3) is 2.70. The van der Waals surface area contributed by atoms with Gasteiger partial charge in [-0.15, -0.1) is 0 Å². The largest absolute Gasteiger partial charge is 0.469 e. The van der Waals surface area contributed by atoms with Gasteiger partial charge in [0.15, 0.2) is 0 Å². The molecule has 0 N–H and O–H groups in total. The van der Waals surface area contributed by atoms with Crippen molar-refractivity contribution in [2.45, 2.75) is 13.3 Å². The molecule has 3 heteroatoms. The van der Waals surface area contributed by atoms with Crippen molar-refractivity contribution in [3.63, 3.8) is 0 Å². The predicted molar refractivity (Wildman–Crippen MR) is 31.4 cm³/mol. The standard InChI is InChI=1S/C6H9NO2/c1-5(3-4-7)6(8)9-2/h5H,3H2,1-2H3/t5-/m0/s1. The van der Waals surface area contributed by atoms with Crippen LogP contribution in [0.5, 0.6) is 0 Å². The number of rotatable bonds is 2. The van der Waals surface area contributed by atoms with E-state index in [1.807, 2.05) is 6.07 Å². The van der Waals surface area contributed by atoms with Crippen LogP contribution in [-0.4, -0.2) is 13.1 Å². The second-order valence-electron chi connectivity index (χ2n) is 1.79. The van der Waals surface area contributed by atoms with Crippen LogP contribution < -0.4 is 0 Å². The highest BCUT2D eigenvalue weighted by Crippen LogP contribution is 2.00. The van der Waals surface area contributed by atoms with Crippen LogP contribution in [0, 0.1) is 17.2 Å². The van der Waals surface area contributed by atoms with Crippen LogP contribution in [0.15, 0.2) is 0 Å². The van der Waals surface area contributed by atoms with Gasteiger partial charge in [0, 0.05) is 6.42 Å². The summed E-state index contributed by atoms with van der Waals surface area (Å²) in [5, 5.41) is 8.12. The van der Waals surface area contributed by atoms with Crippen molar-refractivity contribution >= 4 is 5.97 Å². The van der Waals surface area contributed by atoms with Gasteiger partial charge >= 0.3 is 5.97 Å². The average molecular weight is 127 g/mol. The Morgan fingerprint density at radius 3 is 2.78 bits per heavy atom. The van der Waals surface area contributed by atoms with Gasteiger partial charge in [-0.25, -0.2) is 0 Å². The fourth-order valence-electron chi connectivity index (χ4n) is 0.421. The van der Waals surface area contributed by atoms with E-state index in [4.69, 9.17) is 5.26 Å². The van der Waals surface area contributed by atoms with Gasteiger partial charge in [0.25, 0.3) is 0 Å². The molecule has 0 aliphatic heterocycles. The minimum absolute atomic E-state index is 0.229. The lowest BCUT2D eigenvalue weighted by Crippen LogP contribution is -2.11. The monoisotopic (exact) mass is 127 g/mol. The molecule has 0 amide bonds. The van der Waals surface area contributed by atoms with Gasteiger partial charge in [0.2, 0.25) is 0 Å². The van der Waals surface area contributed by atoms with Gasteiger partial charge in [-0.05, 0) is 0 Å². The van der Waals surface area contributed by atoms with E-state index in [2.05, 4.69) is 4.74 Å². The number of hydrogen-bond donors (Lipinski definition) is 0. The number of hydrogen-bond acceptors (Lipinski definition) is 3. The van der Waals surface area contributed by atoms with E-state index >= 15 is 0 Å². The Balaban J connectivity index is 3.62. The summed E-state index contributed by atoms with van der Waals surface area (Å²) in [6.45, 7) is 1.66. The summed E-state index contributed by atoms with van der Waals surface area (Å²) in [6, 6.07) is 1.88. The van der Waals surface area contributed by atoms with Crippen molar-refractivity contribution < 1.29 is 9.53 Å². The van der Waals surface area contributed by atoms with Crippen molar-refractivity contribution in [2.24, 2.45) is 5.92 Å². The van der Waals surface area contributed by atoms with Crippen molar-refractivity contribution in [2.75, 3.05) is 7.11 Å². The quantitative estimate of drug-likeness (QED) is 0.513. The molecule has 0 aromatic carbocycles. The molecule has 3 nitrogen and oxygen atoms in total. The van der Waals surface area contributed by atoms with Gasteiger partial charge in [-0.1, -0.05) is 6.92 Å². The highest BCUT2D eigenvalue weighted by molar-refractivity contribution is 5.72. The third-order valence-electron chi connectivity index (χ3n) is 1.00. The molecule has 50 valence electrons. The molecule has 0 saturated carbocycles. The zero-order valence-electron chi connectivity index (χ0n) is 5.55. The summed E-state index contributed by atoms with van der Waals surface area (Å²) in [7, 11) is 1.32. The zero-order chi connectivity index (χ0) is 7.28. The molecule has 0 heterocycles. The SMILES string of the molecule is COC(=O)[C@@H](C)CC#N. The topological polar surface area (TPSA) is 50.1 Å². The van der Waals surface area contributed by atoms with Crippen molar-refractivity contribution in [1.82, 2.24) is 0 Å². The molecule has 0 saturated heterocycles. The number of esters is 1. The Morgan fingerprint density at radius 1 is 1.89 bits per heavy atom. The van der Waals surface area contributed by atoms with Crippen LogP contribution in [0.3, 0.4) is 0 Å². The Morgan fingerprint density at radius 2 is 2.44 bits per heavy atom. The lowest BCUT2D eigenvalue weighted by molar-refractivity contribution is -0.144. The molecule has 9 heavy (non-hydrogen) atoms. The summed E-state index contributed by atoms with van der Waals surface area (Å²) < 4.78 is 4.37. The normalized spacial score (nSPS) is 11.7. The van der Waals surface area contributed by atoms with Gasteiger partial charge in [-0.2, -0.15) is 5.26 Å². The third-order valence-corrected chi connectivity index (χ3v) is 1.00. The Kier molecular flexibility index (Phi) is 3.45. The molecular formula is C6H9NO2. The average Bonchev–Trinajstić information content (AvgIpc) is 1.87. The molecule has 0 rings (SSSR count). The van der Waals surface area contributed by atoms with Gasteiger partial charge in [-0.3, -0.25) is 4.79 Å². The molecule has 0 spiro atoms. The second-order valence-corrected chi connectivity index (χ2v) is 1.79. The zero-order valence-corrected chi connectivity index (χ0v) is 5.55. The van der Waals surface area contributed by atoms with Crippen molar-refractivity contribution in [3.05, 3.63) is 0 Å². The van der Waals surface area contributed by atoms with E-state index in [0.29, 0.717) is 0 Å². The molecule has 0 unspecified atom stereocenters. The van der Waals surface area contributed by atoms with E-state index < -0.39 is 0 Å². The maximum absolute atomic E-state index is 10.5. The maximum Gasteiger partial charge on any atom is 0.309 e. The summed E-state index contributed by atoms with van der Waals surface area (Å²) in [5.74, 6) is -0.614. The summed E-state index contributed by atoms with van der Waals surface area (Å²) in [5.41, 5.74) is 0. The molecule has 0 radical (unpaired) electrons. The molecule has 0 bridgehead atoms. The highest BCUT2D eigenvalue weighted by Gasteiger charge is 2.10. The lowest BCUT2D eigenvalue weighted by Gasteiger charge is -2.01. The van der Waals surface area contributed by atoms with E-state index in [1.54, 1.807) is 6.92 Å². The minimum atomic E-state index is -0.323. The molecular weight excluding hydrogens is 118 g/mol. The number of nitrogens with zero attached hydrogens (tertiary/aromatic N) is 1.